The second kappa shape index (κ2) is 5.77. The van der Waals surface area contributed by atoms with Gasteiger partial charge in [0, 0.05) is 0 Å². The largest absolute Gasteiger partial charge is 0.508 e. The summed E-state index contributed by atoms with van der Waals surface area (Å²) < 4.78 is 148. The Morgan fingerprint density at radius 2 is 1.42 bits per heavy atom. The first-order valence-corrected chi connectivity index (χ1v) is 5.54. The van der Waals surface area contributed by atoms with E-state index in [1.165, 1.54) is 0 Å². The van der Waals surface area contributed by atoms with Gasteiger partial charge in [0.2, 0.25) is 0 Å². The molecule has 142 valence electrons. The quantitative estimate of drug-likeness (QED) is 0.513. The molecule has 0 aromatic heterocycles. The molecule has 0 aromatic rings. The van der Waals surface area contributed by atoms with Crippen LogP contribution in [0.25, 0.3) is 0 Å². The topological polar surface area (TPSA) is 44.8 Å². The molecule has 1 rings (SSSR count). The maximum Gasteiger partial charge on any atom is 0.508 e. The molecule has 0 bridgehead atoms. The first-order chi connectivity index (χ1) is 10.4. The Bertz CT molecular complexity index is 486. The molecule has 1 fully saturated rings. The van der Waals surface area contributed by atoms with Gasteiger partial charge >= 0.3 is 36.4 Å². The van der Waals surface area contributed by atoms with E-state index in [1.54, 1.807) is 0 Å². The zero-order valence-corrected chi connectivity index (χ0v) is 10.8. The molecule has 0 radical (unpaired) electrons. The first kappa shape index (κ1) is 20.5. The highest BCUT2D eigenvalue weighted by molar-refractivity contribution is 5.61. The number of carbonyl (C=O) groups is 1. The molecule has 15 heteroatoms. The third-order valence-electron chi connectivity index (χ3n) is 2.54. The summed E-state index contributed by atoms with van der Waals surface area (Å²) in [6, 6.07) is 0. The lowest BCUT2D eigenvalue weighted by molar-refractivity contribution is -0.496. The summed E-state index contributed by atoms with van der Waals surface area (Å²) >= 11 is 0. The van der Waals surface area contributed by atoms with Gasteiger partial charge in [-0.3, -0.25) is 0 Å². The Hall–Kier alpha value is -1.54. The fourth-order valence-electron chi connectivity index (χ4n) is 1.34. The van der Waals surface area contributed by atoms with Crippen molar-refractivity contribution in [2.75, 3.05) is 6.61 Å². The van der Waals surface area contributed by atoms with E-state index in [2.05, 4.69) is 9.47 Å². The van der Waals surface area contributed by atoms with Gasteiger partial charge in [-0.25, -0.2) is 9.53 Å². The number of hydrogen-bond donors (Lipinski definition) is 0. The van der Waals surface area contributed by atoms with Crippen molar-refractivity contribution in [2.24, 2.45) is 0 Å². The van der Waals surface area contributed by atoms with Crippen LogP contribution in [0.15, 0.2) is 0 Å². The molecular weight excluding hydrogens is 381 g/mol. The summed E-state index contributed by atoms with van der Waals surface area (Å²) in [6.07, 6.45) is -26.4. The predicted octanol–water partition coefficient (Wildman–Crippen LogP) is 3.95. The lowest BCUT2D eigenvalue weighted by Gasteiger charge is -2.33. The molecule has 1 atom stereocenters. The molecule has 0 spiro atoms. The van der Waals surface area contributed by atoms with Gasteiger partial charge in [0.15, 0.2) is 0 Å². The van der Waals surface area contributed by atoms with Crippen LogP contribution in [0.1, 0.15) is 6.42 Å². The fraction of sp³-hybridized carbons (Fsp3) is 0.889. The standard InChI is InChI=1S/C9H5F11O4/c10-5(11,1-3-2-22-4(21)23-3)8(17,18)24-9(19,20)6(12,13)7(14,15)16/h3H,1-2H2. The first-order valence-electron chi connectivity index (χ1n) is 5.54. The van der Waals surface area contributed by atoms with E-state index in [4.69, 9.17) is 0 Å². The second-order valence-corrected chi connectivity index (χ2v) is 4.42. The van der Waals surface area contributed by atoms with E-state index in [0.29, 0.717) is 0 Å². The third kappa shape index (κ3) is 3.75. The molecule has 0 amide bonds. The molecule has 1 aliphatic rings. The Morgan fingerprint density at radius 1 is 0.917 bits per heavy atom. The molecule has 4 nitrogen and oxygen atoms in total. The maximum absolute atomic E-state index is 13.2. The number of ether oxygens (including phenoxy) is 3. The van der Waals surface area contributed by atoms with E-state index in [9.17, 15) is 53.1 Å². The molecule has 1 unspecified atom stereocenters. The van der Waals surface area contributed by atoms with E-state index < -0.39 is 55.5 Å². The summed E-state index contributed by atoms with van der Waals surface area (Å²) in [6.45, 7) is -1.00. The van der Waals surface area contributed by atoms with Crippen LogP contribution in [0.2, 0.25) is 0 Å². The van der Waals surface area contributed by atoms with Crippen molar-refractivity contribution in [1.82, 2.24) is 0 Å². The van der Waals surface area contributed by atoms with Crippen LogP contribution in [-0.2, 0) is 14.2 Å². The Balaban J connectivity index is 2.95. The van der Waals surface area contributed by atoms with E-state index in [-0.39, 0.29) is 0 Å². The van der Waals surface area contributed by atoms with Crippen molar-refractivity contribution < 1.29 is 67.3 Å². The molecule has 1 heterocycles. The van der Waals surface area contributed by atoms with Crippen molar-refractivity contribution in [3.05, 3.63) is 0 Å². The minimum absolute atomic E-state index is 1.00. The number of hydrogen-bond acceptors (Lipinski definition) is 4. The molecule has 24 heavy (non-hydrogen) atoms. The van der Waals surface area contributed by atoms with Crippen molar-refractivity contribution in [3.8, 4) is 0 Å². The van der Waals surface area contributed by atoms with Crippen LogP contribution in [0.3, 0.4) is 0 Å². The highest BCUT2D eigenvalue weighted by Gasteiger charge is 2.78. The average Bonchev–Trinajstić information content (AvgIpc) is 2.70. The van der Waals surface area contributed by atoms with Gasteiger partial charge in [-0.1, -0.05) is 0 Å². The SMILES string of the molecule is O=C1OCC(CC(F)(F)C(F)(F)OC(F)(F)C(F)(F)C(F)(F)F)O1. The van der Waals surface area contributed by atoms with Crippen LogP contribution >= 0.6 is 0 Å². The second-order valence-electron chi connectivity index (χ2n) is 4.42. The van der Waals surface area contributed by atoms with E-state index in [1.807, 2.05) is 4.74 Å². The van der Waals surface area contributed by atoms with Crippen LogP contribution in [0.4, 0.5) is 53.1 Å². The van der Waals surface area contributed by atoms with Gasteiger partial charge in [0.05, 0.1) is 6.42 Å². The van der Waals surface area contributed by atoms with Gasteiger partial charge in [-0.2, -0.15) is 48.3 Å². The van der Waals surface area contributed by atoms with E-state index in [0.717, 1.165) is 0 Å². The molecule has 0 saturated carbocycles. The average molecular weight is 386 g/mol. The van der Waals surface area contributed by atoms with Gasteiger partial charge in [-0.05, 0) is 0 Å². The predicted molar refractivity (Wildman–Crippen MR) is 47.8 cm³/mol. The van der Waals surface area contributed by atoms with Gasteiger partial charge in [-0.15, -0.1) is 0 Å². The minimum atomic E-state index is -7.18. The monoisotopic (exact) mass is 386 g/mol. The Kier molecular flexibility index (Phi) is 4.93. The van der Waals surface area contributed by atoms with Gasteiger partial charge < -0.3 is 9.47 Å². The molecule has 0 aliphatic carbocycles. The third-order valence-corrected chi connectivity index (χ3v) is 2.54. The summed E-state index contributed by atoms with van der Waals surface area (Å²) in [5.74, 6) is -12.9. The molecule has 0 N–H and O–H groups in total. The van der Waals surface area contributed by atoms with Gasteiger partial charge in [0.25, 0.3) is 0 Å². The normalized spacial score (nSPS) is 20.8. The lowest BCUT2D eigenvalue weighted by atomic mass is 10.1. The van der Waals surface area contributed by atoms with Crippen molar-refractivity contribution in [1.29, 1.82) is 0 Å². The lowest BCUT2D eigenvalue weighted by Crippen LogP contribution is -2.59. The molecule has 0 aromatic carbocycles. The molecule has 1 saturated heterocycles. The summed E-state index contributed by atoms with van der Waals surface area (Å²) in [7, 11) is 0. The molecule has 1 aliphatic heterocycles. The van der Waals surface area contributed by atoms with Crippen LogP contribution in [0.5, 0.6) is 0 Å². The van der Waals surface area contributed by atoms with Crippen LogP contribution in [0, 0.1) is 0 Å². The summed E-state index contributed by atoms with van der Waals surface area (Å²) in [4.78, 5) is 10.4. The number of cyclic esters (lactones) is 2. The Labute approximate surface area is 124 Å². The fourth-order valence-corrected chi connectivity index (χ4v) is 1.34. The van der Waals surface area contributed by atoms with Gasteiger partial charge in [0.1, 0.15) is 12.7 Å². The van der Waals surface area contributed by atoms with Crippen LogP contribution < -0.4 is 0 Å². The van der Waals surface area contributed by atoms with Crippen molar-refractivity contribution in [3.63, 3.8) is 0 Å². The maximum atomic E-state index is 13.2. The zero-order valence-electron chi connectivity index (χ0n) is 10.8. The minimum Gasteiger partial charge on any atom is -0.430 e. The summed E-state index contributed by atoms with van der Waals surface area (Å²) in [5, 5.41) is 0. The highest BCUT2D eigenvalue weighted by Crippen LogP contribution is 2.51. The Morgan fingerprint density at radius 3 is 1.79 bits per heavy atom. The highest BCUT2D eigenvalue weighted by atomic mass is 19.4. The van der Waals surface area contributed by atoms with Crippen LogP contribution in [-0.4, -0.2) is 49.1 Å². The number of rotatable bonds is 6. The van der Waals surface area contributed by atoms with E-state index >= 15 is 0 Å². The number of carbonyl (C=O) groups excluding carboxylic acids is 1. The zero-order chi connectivity index (χ0) is 19.2. The van der Waals surface area contributed by atoms with Crippen molar-refractivity contribution >= 4 is 6.16 Å². The summed E-state index contributed by atoms with van der Waals surface area (Å²) in [5.41, 5.74) is 0. The molecular formula is C9H5F11O4. The number of halogens is 11. The smallest absolute Gasteiger partial charge is 0.430 e. The number of alkyl halides is 11. The van der Waals surface area contributed by atoms with Crippen molar-refractivity contribution in [2.45, 2.75) is 42.8 Å².